The van der Waals surface area contributed by atoms with Crippen molar-refractivity contribution in [1.29, 1.82) is 0 Å². The first-order chi connectivity index (χ1) is 10.6. The Bertz CT molecular complexity index is 712. The van der Waals surface area contributed by atoms with Crippen LogP contribution in [0.25, 0.3) is 10.2 Å². The Morgan fingerprint density at radius 2 is 2.14 bits per heavy atom. The van der Waals surface area contributed by atoms with E-state index in [1.807, 2.05) is 6.92 Å². The highest BCUT2D eigenvalue weighted by Crippen LogP contribution is 2.35. The molecule has 0 amide bonds. The lowest BCUT2D eigenvalue weighted by molar-refractivity contribution is 0.0605. The van der Waals surface area contributed by atoms with E-state index < -0.39 is 0 Å². The van der Waals surface area contributed by atoms with Crippen molar-refractivity contribution in [2.24, 2.45) is 0 Å². The molecule has 0 radical (unpaired) electrons. The van der Waals surface area contributed by atoms with Gasteiger partial charge in [0.25, 0.3) is 0 Å². The second-order valence-electron chi connectivity index (χ2n) is 5.24. The highest BCUT2D eigenvalue weighted by molar-refractivity contribution is 7.20. The molecule has 2 aromatic rings. The van der Waals surface area contributed by atoms with Crippen LogP contribution < -0.4 is 10.6 Å². The number of hydrogen-bond acceptors (Lipinski definition) is 7. The van der Waals surface area contributed by atoms with Gasteiger partial charge in [-0.25, -0.2) is 14.8 Å². The number of aryl methyl sites for hydroxylation is 1. The van der Waals surface area contributed by atoms with Gasteiger partial charge in [-0.1, -0.05) is 0 Å². The molecule has 0 aromatic carbocycles. The lowest BCUT2D eigenvalue weighted by Crippen LogP contribution is -2.35. The van der Waals surface area contributed by atoms with Crippen molar-refractivity contribution in [3.8, 4) is 0 Å². The molecule has 0 aliphatic carbocycles. The number of ether oxygens (including phenoxy) is 1. The second-order valence-corrected chi connectivity index (χ2v) is 6.57. The Labute approximate surface area is 137 Å². The predicted octanol–water partition coefficient (Wildman–Crippen LogP) is 2.60. The van der Waals surface area contributed by atoms with Gasteiger partial charge in [-0.15, -0.1) is 11.3 Å². The normalized spacial score (nSPS) is 16.0. The lowest BCUT2D eigenvalue weighted by atomic mass is 10.1. The summed E-state index contributed by atoms with van der Waals surface area (Å²) >= 11 is 7.32. The summed E-state index contributed by atoms with van der Waals surface area (Å²) in [6.07, 6.45) is 2.05. The van der Waals surface area contributed by atoms with E-state index in [9.17, 15) is 4.79 Å². The zero-order valence-corrected chi connectivity index (χ0v) is 14.0. The Balaban J connectivity index is 2.04. The fourth-order valence-electron chi connectivity index (χ4n) is 2.66. The van der Waals surface area contributed by atoms with E-state index in [4.69, 9.17) is 16.3 Å². The highest BCUT2D eigenvalue weighted by atomic mass is 35.5. The minimum Gasteiger partial charge on any atom is -0.465 e. The number of aromatic nitrogens is 2. The molecule has 1 fully saturated rings. The number of piperidine rings is 1. The van der Waals surface area contributed by atoms with Gasteiger partial charge in [-0.2, -0.15) is 0 Å². The molecule has 8 heteroatoms. The number of rotatable bonds is 3. The van der Waals surface area contributed by atoms with Gasteiger partial charge in [0.15, 0.2) is 0 Å². The van der Waals surface area contributed by atoms with E-state index in [1.54, 1.807) is 0 Å². The maximum atomic E-state index is 11.9. The van der Waals surface area contributed by atoms with E-state index in [1.165, 1.54) is 18.4 Å². The first-order valence-electron chi connectivity index (χ1n) is 7.12. The van der Waals surface area contributed by atoms with E-state index in [0.717, 1.165) is 36.9 Å². The average molecular weight is 341 g/mol. The number of anilines is 1. The van der Waals surface area contributed by atoms with E-state index >= 15 is 0 Å². The zero-order valence-electron chi connectivity index (χ0n) is 12.4. The first kappa shape index (κ1) is 15.5. The minimum atomic E-state index is -0.357. The molecule has 3 rings (SSSR count). The van der Waals surface area contributed by atoms with Crippen LogP contribution in [0, 0.1) is 6.92 Å². The smallest absolute Gasteiger partial charge is 0.348 e. The number of methoxy groups -OCH3 is 1. The van der Waals surface area contributed by atoms with Gasteiger partial charge in [0, 0.05) is 6.04 Å². The fraction of sp³-hybridized carbons (Fsp3) is 0.500. The topological polar surface area (TPSA) is 76.1 Å². The molecule has 118 valence electrons. The fourth-order valence-corrected chi connectivity index (χ4v) is 3.98. The summed E-state index contributed by atoms with van der Waals surface area (Å²) in [6, 6.07) is 0.344. The largest absolute Gasteiger partial charge is 0.465 e. The van der Waals surface area contributed by atoms with Crippen LogP contribution in [0.4, 0.5) is 5.82 Å². The summed E-state index contributed by atoms with van der Waals surface area (Å²) in [6.45, 7) is 3.85. The third kappa shape index (κ3) is 2.88. The molecule has 2 N–H and O–H groups in total. The number of carbonyl (C=O) groups is 1. The molecular weight excluding hydrogens is 324 g/mol. The van der Waals surface area contributed by atoms with Gasteiger partial charge in [-0.05, 0) is 50.0 Å². The molecule has 22 heavy (non-hydrogen) atoms. The number of nitrogens with one attached hydrogen (secondary N) is 2. The molecule has 0 bridgehead atoms. The van der Waals surface area contributed by atoms with Crippen LogP contribution in [-0.4, -0.2) is 42.2 Å². The molecule has 0 spiro atoms. The van der Waals surface area contributed by atoms with Gasteiger partial charge in [0.05, 0.1) is 12.5 Å². The van der Waals surface area contributed by atoms with Crippen molar-refractivity contribution < 1.29 is 9.53 Å². The number of thiophene rings is 1. The number of fused-ring (bicyclic) bond motifs is 1. The van der Waals surface area contributed by atoms with Crippen molar-refractivity contribution in [2.75, 3.05) is 25.5 Å². The molecule has 2 aromatic heterocycles. The van der Waals surface area contributed by atoms with Crippen molar-refractivity contribution in [2.45, 2.75) is 25.8 Å². The van der Waals surface area contributed by atoms with E-state index in [-0.39, 0.29) is 11.3 Å². The van der Waals surface area contributed by atoms with Gasteiger partial charge in [-0.3, -0.25) is 0 Å². The Morgan fingerprint density at radius 1 is 1.41 bits per heavy atom. The number of nitrogens with zero attached hydrogens (tertiary/aromatic N) is 2. The van der Waals surface area contributed by atoms with Crippen LogP contribution in [0.15, 0.2) is 0 Å². The van der Waals surface area contributed by atoms with E-state index in [2.05, 4.69) is 20.6 Å². The number of esters is 1. The van der Waals surface area contributed by atoms with Crippen LogP contribution in [0.5, 0.6) is 0 Å². The first-order valence-corrected chi connectivity index (χ1v) is 8.31. The third-order valence-electron chi connectivity index (χ3n) is 3.81. The molecule has 1 saturated heterocycles. The molecule has 0 atom stereocenters. The van der Waals surface area contributed by atoms with Crippen LogP contribution in [0.1, 0.15) is 28.1 Å². The Kier molecular flexibility index (Phi) is 4.46. The molecule has 3 heterocycles. The summed E-state index contributed by atoms with van der Waals surface area (Å²) in [5.74, 6) is 0.343. The number of halogens is 1. The minimum absolute atomic E-state index is 0.182. The molecule has 0 saturated carbocycles. The van der Waals surface area contributed by atoms with Gasteiger partial charge in [0.1, 0.15) is 15.5 Å². The van der Waals surface area contributed by atoms with Crippen molar-refractivity contribution in [1.82, 2.24) is 15.3 Å². The molecule has 6 nitrogen and oxygen atoms in total. The van der Waals surface area contributed by atoms with Crippen LogP contribution in [0.2, 0.25) is 5.28 Å². The van der Waals surface area contributed by atoms with Crippen LogP contribution in [0.3, 0.4) is 0 Å². The maximum Gasteiger partial charge on any atom is 0.348 e. The monoisotopic (exact) mass is 340 g/mol. The molecule has 1 aliphatic heterocycles. The summed E-state index contributed by atoms with van der Waals surface area (Å²) in [7, 11) is 1.37. The predicted molar refractivity (Wildman–Crippen MR) is 88.0 cm³/mol. The highest BCUT2D eigenvalue weighted by Gasteiger charge is 2.22. The average Bonchev–Trinajstić information content (AvgIpc) is 2.84. The summed E-state index contributed by atoms with van der Waals surface area (Å²) in [5.41, 5.74) is 0.833. The molecule has 1 aliphatic rings. The van der Waals surface area contributed by atoms with Gasteiger partial charge < -0.3 is 15.4 Å². The standard InChI is InChI=1S/C14H17ClN4O2S/c1-7-9-11(17-8-3-5-16-6-4-8)18-14(15)19-12(9)22-10(7)13(20)21-2/h8,16H,3-6H2,1-2H3,(H,17,18,19). The van der Waals surface area contributed by atoms with Crippen molar-refractivity contribution >= 4 is 44.9 Å². The summed E-state index contributed by atoms with van der Waals surface area (Å²) < 4.78 is 4.83. The van der Waals surface area contributed by atoms with Crippen molar-refractivity contribution in [3.05, 3.63) is 15.7 Å². The number of carbonyl (C=O) groups excluding carboxylic acids is 1. The summed E-state index contributed by atoms with van der Waals surface area (Å²) in [5, 5.41) is 7.82. The summed E-state index contributed by atoms with van der Waals surface area (Å²) in [4.78, 5) is 21.7. The van der Waals surface area contributed by atoms with Crippen LogP contribution in [-0.2, 0) is 4.74 Å². The zero-order chi connectivity index (χ0) is 15.7. The third-order valence-corrected chi connectivity index (χ3v) is 5.15. The number of hydrogen-bond donors (Lipinski definition) is 2. The lowest BCUT2D eigenvalue weighted by Gasteiger charge is -2.24. The SMILES string of the molecule is COC(=O)c1sc2nc(Cl)nc(NC3CCNCC3)c2c1C. The van der Waals surface area contributed by atoms with Gasteiger partial charge in [0.2, 0.25) is 5.28 Å². The van der Waals surface area contributed by atoms with Crippen molar-refractivity contribution in [3.63, 3.8) is 0 Å². The Hall–Kier alpha value is -1.44. The Morgan fingerprint density at radius 3 is 2.82 bits per heavy atom. The van der Waals surface area contributed by atoms with Gasteiger partial charge >= 0.3 is 5.97 Å². The maximum absolute atomic E-state index is 11.9. The van der Waals surface area contributed by atoms with E-state index in [0.29, 0.717) is 21.6 Å². The quantitative estimate of drug-likeness (QED) is 0.660. The second kappa shape index (κ2) is 6.36. The molecular formula is C14H17ClN4O2S. The van der Waals surface area contributed by atoms with Crippen LogP contribution >= 0.6 is 22.9 Å². The molecule has 0 unspecified atom stereocenters.